The molecule has 0 saturated carbocycles. The number of alkyl halides is 3. The molecule has 0 atom stereocenters. The molecule has 0 bridgehead atoms. The van der Waals surface area contributed by atoms with Gasteiger partial charge in [-0.3, -0.25) is 0 Å². The molecule has 12 heteroatoms. The highest BCUT2D eigenvalue weighted by atomic mass is 32.2. The molecule has 0 radical (unpaired) electrons. The summed E-state index contributed by atoms with van der Waals surface area (Å²) >= 11 is 2.45. The average molecular weight is 445 g/mol. The summed E-state index contributed by atoms with van der Waals surface area (Å²) in [6.07, 6.45) is -1.83. The van der Waals surface area contributed by atoms with Gasteiger partial charge in [0.15, 0.2) is 0 Å². The number of pyridine rings is 1. The third-order valence-corrected chi connectivity index (χ3v) is 6.18. The van der Waals surface area contributed by atoms with Crippen molar-refractivity contribution in [1.82, 2.24) is 15.0 Å². The minimum absolute atomic E-state index is 0.0808. The van der Waals surface area contributed by atoms with Crippen LogP contribution >= 0.6 is 23.1 Å². The van der Waals surface area contributed by atoms with Gasteiger partial charge in [-0.25, -0.2) is 15.0 Å². The van der Waals surface area contributed by atoms with Crippen molar-refractivity contribution in [2.45, 2.75) is 10.4 Å². The number of aliphatic hydroxyl groups is 1. The van der Waals surface area contributed by atoms with Crippen molar-refractivity contribution >= 4 is 45.0 Å². The third-order valence-electron chi connectivity index (χ3n) is 3.83. The lowest BCUT2D eigenvalue weighted by Gasteiger charge is -2.11. The molecule has 0 aromatic carbocycles. The Hall–Kier alpha value is -2.15. The van der Waals surface area contributed by atoms with Gasteiger partial charge < -0.3 is 20.9 Å². The lowest BCUT2D eigenvalue weighted by Crippen LogP contribution is -2.09. The Labute approximate surface area is 172 Å². The minimum Gasteiger partial charge on any atom is -0.397 e. The number of aliphatic hydroxyl groups excluding tert-OH is 1. The van der Waals surface area contributed by atoms with Gasteiger partial charge in [0.25, 0.3) is 0 Å². The Bertz CT molecular complexity index is 980. The number of nitrogens with one attached hydrogen (secondary N) is 1. The van der Waals surface area contributed by atoms with Gasteiger partial charge in [-0.05, 0) is 6.07 Å². The number of nitrogens with two attached hydrogens (primary N) is 1. The molecule has 0 unspecified atom stereocenters. The van der Waals surface area contributed by atoms with E-state index in [4.69, 9.17) is 15.6 Å². The minimum atomic E-state index is -4.59. The summed E-state index contributed by atoms with van der Waals surface area (Å²) in [6.45, 7) is 0.625. The number of anilines is 2. The number of hydrogen-bond donors (Lipinski definition) is 3. The molecule has 0 amide bonds. The highest BCUT2D eigenvalue weighted by Crippen LogP contribution is 2.46. The first-order chi connectivity index (χ1) is 13.8. The molecule has 0 spiro atoms. The summed E-state index contributed by atoms with van der Waals surface area (Å²) in [6, 6.07) is 0.967. The molecule has 0 aliphatic heterocycles. The van der Waals surface area contributed by atoms with E-state index in [1.165, 1.54) is 24.2 Å². The summed E-state index contributed by atoms with van der Waals surface area (Å²) in [5.41, 5.74) is 5.71. The number of aromatic nitrogens is 3. The Morgan fingerprint density at radius 1 is 1.31 bits per heavy atom. The second kappa shape index (κ2) is 9.11. The zero-order chi connectivity index (χ0) is 21.0. The molecule has 7 nitrogen and oxygen atoms in total. The molecular weight excluding hydrogens is 427 g/mol. The van der Waals surface area contributed by atoms with Gasteiger partial charge >= 0.3 is 6.18 Å². The largest absolute Gasteiger partial charge is 0.417 e. The van der Waals surface area contributed by atoms with Crippen molar-refractivity contribution in [3.8, 4) is 11.3 Å². The molecule has 3 rings (SSSR count). The summed E-state index contributed by atoms with van der Waals surface area (Å²) in [5, 5.41) is 11.5. The van der Waals surface area contributed by atoms with E-state index in [1.807, 2.05) is 0 Å². The number of fused-ring (bicyclic) bond motifs is 1. The molecule has 3 heterocycles. The van der Waals surface area contributed by atoms with Crippen molar-refractivity contribution in [2.24, 2.45) is 0 Å². The Balaban J connectivity index is 2.05. The van der Waals surface area contributed by atoms with Crippen LogP contribution in [0.3, 0.4) is 0 Å². The van der Waals surface area contributed by atoms with Crippen LogP contribution in [0.15, 0.2) is 22.7 Å². The fraction of sp³-hybridized carbons (Fsp3) is 0.353. The van der Waals surface area contributed by atoms with Crippen LogP contribution in [0.25, 0.3) is 21.5 Å². The number of nitrogens with zero attached hydrogens (tertiary/aromatic N) is 3. The molecular formula is C17H18F3N5O2S2. The summed E-state index contributed by atoms with van der Waals surface area (Å²) in [5.74, 6) is 0.829. The predicted molar refractivity (Wildman–Crippen MR) is 108 cm³/mol. The fourth-order valence-electron chi connectivity index (χ4n) is 2.52. The first-order valence-electron chi connectivity index (χ1n) is 8.44. The molecule has 0 fully saturated rings. The molecule has 3 aromatic rings. The van der Waals surface area contributed by atoms with Crippen molar-refractivity contribution in [2.75, 3.05) is 43.7 Å². The van der Waals surface area contributed by atoms with Crippen molar-refractivity contribution in [3.05, 3.63) is 24.0 Å². The Kier molecular flexibility index (Phi) is 6.77. The first-order valence-corrected chi connectivity index (χ1v) is 10.2. The van der Waals surface area contributed by atoms with Gasteiger partial charge in [0.05, 0.1) is 34.4 Å². The molecule has 0 aliphatic carbocycles. The third kappa shape index (κ3) is 4.89. The van der Waals surface area contributed by atoms with Crippen LogP contribution in [-0.2, 0) is 10.9 Å². The lowest BCUT2D eigenvalue weighted by molar-refractivity contribution is -0.136. The molecule has 0 aliphatic rings. The smallest absolute Gasteiger partial charge is 0.397 e. The molecule has 0 saturated heterocycles. The number of nitrogen functional groups attached to an aromatic ring is 1. The topological polar surface area (TPSA) is 106 Å². The van der Waals surface area contributed by atoms with E-state index in [0.29, 0.717) is 22.1 Å². The van der Waals surface area contributed by atoms with Gasteiger partial charge in [0.1, 0.15) is 4.83 Å². The van der Waals surface area contributed by atoms with E-state index in [2.05, 4.69) is 20.3 Å². The zero-order valence-corrected chi connectivity index (χ0v) is 16.9. The SMILES string of the molecule is COCCSc1sc2nc(-c3cnc(NCCO)nc3)cc(C(F)(F)F)c2c1N. The number of methoxy groups -OCH3 is 1. The maximum atomic E-state index is 13.7. The average Bonchev–Trinajstić information content (AvgIpc) is 3.01. The number of halogens is 3. The summed E-state index contributed by atoms with van der Waals surface area (Å²) in [7, 11) is 1.55. The highest BCUT2D eigenvalue weighted by Gasteiger charge is 2.35. The number of rotatable bonds is 8. The molecule has 4 N–H and O–H groups in total. The summed E-state index contributed by atoms with van der Waals surface area (Å²) < 4.78 is 46.8. The number of ether oxygens (including phenoxy) is 1. The predicted octanol–water partition coefficient (Wildman–Crippen LogP) is 3.50. The second-order valence-corrected chi connectivity index (χ2v) is 8.19. The van der Waals surface area contributed by atoms with E-state index in [-0.39, 0.29) is 40.7 Å². The van der Waals surface area contributed by atoms with Crippen molar-refractivity contribution in [3.63, 3.8) is 0 Å². The quantitative estimate of drug-likeness (QED) is 0.357. The molecule has 3 aromatic heterocycles. The first kappa shape index (κ1) is 21.6. The standard InChI is InChI=1S/C17H18F3N5O2S2/c1-27-4-5-28-15-13(21)12-10(17(18,19)20)6-11(25-14(12)29-15)9-7-23-16(24-8-9)22-2-3-26/h6-8,26H,2-5,21H2,1H3,(H,22,23,24). The normalized spacial score (nSPS) is 11.9. The van der Waals surface area contributed by atoms with Crippen LogP contribution in [0, 0.1) is 0 Å². The zero-order valence-electron chi connectivity index (χ0n) is 15.3. The lowest BCUT2D eigenvalue weighted by atomic mass is 10.1. The van der Waals surface area contributed by atoms with Crippen molar-refractivity contribution < 1.29 is 23.0 Å². The second-order valence-electron chi connectivity index (χ2n) is 5.82. The van der Waals surface area contributed by atoms with Crippen LogP contribution < -0.4 is 11.1 Å². The number of thiophene rings is 1. The van der Waals surface area contributed by atoms with Gasteiger partial charge in [0, 0.05) is 42.8 Å². The Morgan fingerprint density at radius 3 is 2.66 bits per heavy atom. The van der Waals surface area contributed by atoms with E-state index in [0.717, 1.165) is 17.4 Å². The van der Waals surface area contributed by atoms with Crippen molar-refractivity contribution in [1.29, 1.82) is 0 Å². The maximum Gasteiger partial charge on any atom is 0.417 e. The van der Waals surface area contributed by atoms with Crippen LogP contribution in [-0.4, -0.2) is 52.7 Å². The van der Waals surface area contributed by atoms with Gasteiger partial charge in [-0.1, -0.05) is 0 Å². The maximum absolute atomic E-state index is 13.7. The highest BCUT2D eigenvalue weighted by molar-refractivity contribution is 8.01. The van der Waals surface area contributed by atoms with E-state index < -0.39 is 11.7 Å². The molecule has 156 valence electrons. The van der Waals surface area contributed by atoms with Crippen LogP contribution in [0.5, 0.6) is 0 Å². The summed E-state index contributed by atoms with van der Waals surface area (Å²) in [4.78, 5) is 12.7. The number of thioether (sulfide) groups is 1. The van der Waals surface area contributed by atoms with E-state index in [9.17, 15) is 13.2 Å². The van der Waals surface area contributed by atoms with Gasteiger partial charge in [-0.2, -0.15) is 13.2 Å². The number of hydrogen-bond acceptors (Lipinski definition) is 9. The van der Waals surface area contributed by atoms with Crippen LogP contribution in [0.4, 0.5) is 24.8 Å². The van der Waals surface area contributed by atoms with Gasteiger partial charge in [0.2, 0.25) is 5.95 Å². The van der Waals surface area contributed by atoms with Crippen LogP contribution in [0.1, 0.15) is 5.56 Å². The Morgan fingerprint density at radius 2 is 2.03 bits per heavy atom. The fourth-order valence-corrected chi connectivity index (χ4v) is 4.79. The van der Waals surface area contributed by atoms with Crippen LogP contribution in [0.2, 0.25) is 0 Å². The monoisotopic (exact) mass is 445 g/mol. The van der Waals surface area contributed by atoms with Gasteiger partial charge in [-0.15, -0.1) is 23.1 Å². The van der Waals surface area contributed by atoms with E-state index >= 15 is 0 Å². The van der Waals surface area contributed by atoms with E-state index in [1.54, 1.807) is 7.11 Å². The molecule has 29 heavy (non-hydrogen) atoms.